The number of rotatable bonds is 6. The van der Waals surface area contributed by atoms with Crippen LogP contribution in [0.1, 0.15) is 36.3 Å². The lowest BCUT2D eigenvalue weighted by atomic mass is 9.80. The molecule has 9 heteroatoms. The second-order valence-electron chi connectivity index (χ2n) is 11.0. The number of likely N-dealkylation sites (tertiary alicyclic amines) is 1. The zero-order chi connectivity index (χ0) is 27.6. The molecule has 4 heterocycles. The van der Waals surface area contributed by atoms with Crippen molar-refractivity contribution in [3.63, 3.8) is 0 Å². The monoisotopic (exact) mass is 561 g/mol. The van der Waals surface area contributed by atoms with Crippen LogP contribution in [0.5, 0.6) is 5.75 Å². The predicted octanol–water partition coefficient (Wildman–Crippen LogP) is 4.36. The van der Waals surface area contributed by atoms with Crippen LogP contribution in [0.25, 0.3) is 5.69 Å². The fourth-order valence-corrected chi connectivity index (χ4v) is 6.65. The van der Waals surface area contributed by atoms with E-state index in [2.05, 4.69) is 28.4 Å². The first-order valence-electron chi connectivity index (χ1n) is 14.1. The SMILES string of the molecule is COc1cc(Cl)cc(-n2ccc3c2N=CN(CC2CC(O)CCN2C(=O)[C@@H]2CCNC[C@H]2c2ccccc2)C3)c1. The van der Waals surface area contributed by atoms with Crippen LogP contribution in [0.3, 0.4) is 0 Å². The van der Waals surface area contributed by atoms with Crippen LogP contribution in [0.2, 0.25) is 5.02 Å². The Labute approximate surface area is 240 Å². The van der Waals surface area contributed by atoms with Crippen molar-refractivity contribution in [2.24, 2.45) is 10.9 Å². The van der Waals surface area contributed by atoms with Gasteiger partial charge in [0.1, 0.15) is 11.6 Å². The van der Waals surface area contributed by atoms with E-state index < -0.39 is 6.10 Å². The third-order valence-electron chi connectivity index (χ3n) is 8.47. The number of nitrogens with one attached hydrogen (secondary N) is 1. The summed E-state index contributed by atoms with van der Waals surface area (Å²) < 4.78 is 7.40. The molecule has 2 aromatic carbocycles. The standard InChI is InChI=1S/C31H36ClN5O3/c1-40-27-14-23(32)13-24(16-27)36-11-8-22-18-35(20-34-30(22)36)19-25-15-26(38)9-12-37(25)31(39)28-7-10-33-17-29(28)21-5-3-2-4-6-21/h2-6,8,11,13-14,16,20,25-26,28-29,33,38H,7,9-10,12,15,17-19H2,1H3/t25?,26?,28-,29+/m1/s1. The first kappa shape index (κ1) is 26.9. The summed E-state index contributed by atoms with van der Waals surface area (Å²) in [5, 5.41) is 14.7. The molecule has 4 atom stereocenters. The number of aliphatic imine (C=N–C) groups is 1. The van der Waals surface area contributed by atoms with Crippen LogP contribution >= 0.6 is 11.6 Å². The fourth-order valence-electron chi connectivity index (χ4n) is 6.44. The highest BCUT2D eigenvalue weighted by atomic mass is 35.5. The van der Waals surface area contributed by atoms with Crippen molar-refractivity contribution in [1.29, 1.82) is 0 Å². The van der Waals surface area contributed by atoms with E-state index in [0.717, 1.165) is 36.6 Å². The number of hydrogen-bond donors (Lipinski definition) is 2. The number of amides is 1. The van der Waals surface area contributed by atoms with Crippen molar-refractivity contribution in [1.82, 2.24) is 19.7 Å². The lowest BCUT2D eigenvalue weighted by Crippen LogP contribution is -2.55. The van der Waals surface area contributed by atoms with E-state index >= 15 is 0 Å². The third-order valence-corrected chi connectivity index (χ3v) is 8.69. The molecular weight excluding hydrogens is 526 g/mol. The summed E-state index contributed by atoms with van der Waals surface area (Å²) in [6.45, 7) is 3.54. The minimum absolute atomic E-state index is 0.0632. The molecule has 3 aliphatic heterocycles. The Bertz CT molecular complexity index is 1380. The van der Waals surface area contributed by atoms with E-state index in [0.29, 0.717) is 43.2 Å². The number of methoxy groups -OCH3 is 1. The summed E-state index contributed by atoms with van der Waals surface area (Å²) in [6, 6.07) is 18.0. The van der Waals surface area contributed by atoms with Crippen LogP contribution in [-0.4, -0.2) is 77.2 Å². The molecule has 3 aliphatic rings. The molecule has 0 bridgehead atoms. The summed E-state index contributed by atoms with van der Waals surface area (Å²) in [4.78, 5) is 23.1. The summed E-state index contributed by atoms with van der Waals surface area (Å²) in [7, 11) is 1.62. The Hall–Kier alpha value is -3.33. The molecule has 0 aliphatic carbocycles. The molecule has 1 aromatic heterocycles. The van der Waals surface area contributed by atoms with Gasteiger partial charge in [-0.3, -0.25) is 4.79 Å². The van der Waals surface area contributed by atoms with Gasteiger partial charge >= 0.3 is 0 Å². The van der Waals surface area contributed by atoms with E-state index in [9.17, 15) is 9.90 Å². The van der Waals surface area contributed by atoms with Gasteiger partial charge in [0.15, 0.2) is 0 Å². The molecule has 2 N–H and O–H groups in total. The molecule has 40 heavy (non-hydrogen) atoms. The van der Waals surface area contributed by atoms with Gasteiger partial charge in [-0.1, -0.05) is 41.9 Å². The van der Waals surface area contributed by atoms with Crippen molar-refractivity contribution in [3.05, 3.63) is 76.9 Å². The van der Waals surface area contributed by atoms with Gasteiger partial charge in [0, 0.05) is 60.9 Å². The fraction of sp³-hybridized carbons (Fsp3) is 0.419. The summed E-state index contributed by atoms with van der Waals surface area (Å²) in [5.74, 6) is 1.85. The van der Waals surface area contributed by atoms with E-state index in [1.165, 1.54) is 5.56 Å². The number of carbonyl (C=O) groups excluding carboxylic acids is 1. The zero-order valence-electron chi connectivity index (χ0n) is 22.7. The van der Waals surface area contributed by atoms with Crippen molar-refractivity contribution < 1.29 is 14.6 Å². The first-order valence-corrected chi connectivity index (χ1v) is 14.5. The maximum absolute atomic E-state index is 14.1. The van der Waals surface area contributed by atoms with Gasteiger partial charge in [-0.2, -0.15) is 0 Å². The van der Waals surface area contributed by atoms with E-state index in [4.69, 9.17) is 21.3 Å². The zero-order valence-corrected chi connectivity index (χ0v) is 23.5. The van der Waals surface area contributed by atoms with E-state index in [1.54, 1.807) is 13.2 Å². The second kappa shape index (κ2) is 11.6. The molecule has 0 radical (unpaired) electrons. The van der Waals surface area contributed by atoms with Crippen LogP contribution in [-0.2, 0) is 11.3 Å². The molecule has 0 saturated carbocycles. The maximum atomic E-state index is 14.1. The number of aliphatic hydroxyl groups is 1. The minimum atomic E-state index is -0.400. The quantitative estimate of drug-likeness (QED) is 0.467. The molecule has 1 amide bonds. The van der Waals surface area contributed by atoms with Crippen LogP contribution < -0.4 is 10.1 Å². The van der Waals surface area contributed by atoms with Gasteiger partial charge in [0.2, 0.25) is 5.91 Å². The summed E-state index contributed by atoms with van der Waals surface area (Å²) in [6.07, 6.45) is 5.48. The van der Waals surface area contributed by atoms with Crippen molar-refractivity contribution in [2.45, 2.75) is 43.9 Å². The predicted molar refractivity (Wildman–Crippen MR) is 157 cm³/mol. The Kier molecular flexibility index (Phi) is 7.82. The number of ether oxygens (including phenoxy) is 1. The molecule has 2 unspecified atom stereocenters. The molecule has 210 valence electrons. The van der Waals surface area contributed by atoms with Gasteiger partial charge in [0.05, 0.1) is 31.3 Å². The number of fused-ring (bicyclic) bond motifs is 1. The molecular formula is C31H36ClN5O3. The van der Waals surface area contributed by atoms with E-state index in [1.807, 2.05) is 52.3 Å². The van der Waals surface area contributed by atoms with Gasteiger partial charge in [0.25, 0.3) is 0 Å². The molecule has 2 fully saturated rings. The van der Waals surface area contributed by atoms with Crippen molar-refractivity contribution in [3.8, 4) is 11.4 Å². The smallest absolute Gasteiger partial charge is 0.226 e. The molecule has 2 saturated heterocycles. The highest BCUT2D eigenvalue weighted by Crippen LogP contribution is 2.35. The van der Waals surface area contributed by atoms with Gasteiger partial charge in [-0.15, -0.1) is 0 Å². The highest BCUT2D eigenvalue weighted by molar-refractivity contribution is 6.30. The average molecular weight is 562 g/mol. The number of hydrogen-bond acceptors (Lipinski definition) is 6. The molecule has 8 nitrogen and oxygen atoms in total. The minimum Gasteiger partial charge on any atom is -0.497 e. The molecule has 0 spiro atoms. The number of aliphatic hydroxyl groups excluding tert-OH is 1. The highest BCUT2D eigenvalue weighted by Gasteiger charge is 2.39. The number of nitrogens with zero attached hydrogens (tertiary/aromatic N) is 4. The number of aromatic nitrogens is 1. The number of benzene rings is 2. The van der Waals surface area contributed by atoms with Crippen molar-refractivity contribution in [2.75, 3.05) is 33.3 Å². The average Bonchev–Trinajstić information content (AvgIpc) is 3.40. The van der Waals surface area contributed by atoms with Crippen LogP contribution in [0, 0.1) is 5.92 Å². The second-order valence-corrected chi connectivity index (χ2v) is 11.5. The molecule has 6 rings (SSSR count). The van der Waals surface area contributed by atoms with Gasteiger partial charge < -0.3 is 29.5 Å². The van der Waals surface area contributed by atoms with Crippen molar-refractivity contribution >= 4 is 29.7 Å². The topological polar surface area (TPSA) is 82.3 Å². The van der Waals surface area contributed by atoms with Gasteiger partial charge in [-0.25, -0.2) is 4.99 Å². The largest absolute Gasteiger partial charge is 0.497 e. The third kappa shape index (κ3) is 5.48. The Morgan fingerprint density at radius 3 is 2.85 bits per heavy atom. The normalized spacial score (nSPS) is 24.6. The van der Waals surface area contributed by atoms with Gasteiger partial charge in [-0.05, 0) is 49.6 Å². The molecule has 3 aromatic rings. The summed E-state index contributed by atoms with van der Waals surface area (Å²) in [5.41, 5.74) is 3.19. The number of piperidine rings is 2. The lowest BCUT2D eigenvalue weighted by molar-refractivity contribution is -0.142. The first-order chi connectivity index (χ1) is 19.5. The lowest BCUT2D eigenvalue weighted by Gasteiger charge is -2.43. The number of halogens is 1. The number of carbonyl (C=O) groups is 1. The Balaban J connectivity index is 1.19. The maximum Gasteiger partial charge on any atom is 0.226 e. The van der Waals surface area contributed by atoms with Crippen LogP contribution in [0.4, 0.5) is 5.82 Å². The Morgan fingerprint density at radius 2 is 2.02 bits per heavy atom. The van der Waals surface area contributed by atoms with Crippen LogP contribution in [0.15, 0.2) is 65.8 Å². The summed E-state index contributed by atoms with van der Waals surface area (Å²) >= 11 is 6.32. The Morgan fingerprint density at radius 1 is 1.18 bits per heavy atom. The van der Waals surface area contributed by atoms with E-state index in [-0.39, 0.29) is 23.8 Å².